The lowest BCUT2D eigenvalue weighted by Gasteiger charge is -2.37. The standard InChI is InChI=1S/C17H21F2NO3/c18-12-4-3-11(14(19)9-12)8-17(22)20-6-1-2-15(20)13-10-23-7-5-16(13)21/h3-4,9,13,15-16,21H,1-2,5-8,10H2. The molecule has 2 aliphatic rings. The molecule has 0 aliphatic carbocycles. The lowest BCUT2D eigenvalue weighted by Crippen LogP contribution is -2.48. The van der Waals surface area contributed by atoms with Crippen LogP contribution in [0.5, 0.6) is 0 Å². The highest BCUT2D eigenvalue weighted by Gasteiger charge is 2.39. The summed E-state index contributed by atoms with van der Waals surface area (Å²) in [5.74, 6) is -1.63. The SMILES string of the molecule is O=C(Cc1ccc(F)cc1F)N1CCCC1C1COCCC1O. The average molecular weight is 325 g/mol. The normalized spacial score (nSPS) is 28.1. The van der Waals surface area contributed by atoms with Crippen LogP contribution in [0.3, 0.4) is 0 Å². The van der Waals surface area contributed by atoms with E-state index < -0.39 is 17.7 Å². The molecule has 0 spiro atoms. The molecule has 1 aromatic carbocycles. The fourth-order valence-electron chi connectivity index (χ4n) is 3.59. The van der Waals surface area contributed by atoms with E-state index in [2.05, 4.69) is 0 Å². The summed E-state index contributed by atoms with van der Waals surface area (Å²) in [5, 5.41) is 10.2. The number of hydrogen-bond donors (Lipinski definition) is 1. The van der Waals surface area contributed by atoms with Gasteiger partial charge in [0.2, 0.25) is 5.91 Å². The maximum atomic E-state index is 13.7. The van der Waals surface area contributed by atoms with Crippen LogP contribution in [0, 0.1) is 17.6 Å². The molecule has 6 heteroatoms. The molecule has 0 radical (unpaired) electrons. The molecule has 0 bridgehead atoms. The molecule has 1 aromatic rings. The van der Waals surface area contributed by atoms with E-state index >= 15 is 0 Å². The smallest absolute Gasteiger partial charge is 0.227 e. The van der Waals surface area contributed by atoms with Crippen LogP contribution in [0.15, 0.2) is 18.2 Å². The first kappa shape index (κ1) is 16.3. The van der Waals surface area contributed by atoms with Gasteiger partial charge in [0.1, 0.15) is 11.6 Å². The van der Waals surface area contributed by atoms with E-state index in [-0.39, 0.29) is 29.9 Å². The van der Waals surface area contributed by atoms with Gasteiger partial charge in [0.25, 0.3) is 0 Å². The second-order valence-electron chi connectivity index (χ2n) is 6.30. The molecular formula is C17H21F2NO3. The Morgan fingerprint density at radius 1 is 1.35 bits per heavy atom. The zero-order chi connectivity index (χ0) is 16.4. The molecule has 1 N–H and O–H groups in total. The number of amides is 1. The van der Waals surface area contributed by atoms with Crippen LogP contribution in [-0.2, 0) is 16.0 Å². The maximum absolute atomic E-state index is 13.7. The summed E-state index contributed by atoms with van der Waals surface area (Å²) < 4.78 is 32.1. The number of aliphatic hydroxyl groups excluding tert-OH is 1. The molecule has 126 valence electrons. The second kappa shape index (κ2) is 6.93. The van der Waals surface area contributed by atoms with Crippen molar-refractivity contribution in [1.82, 2.24) is 4.90 Å². The van der Waals surface area contributed by atoms with E-state index in [4.69, 9.17) is 4.74 Å². The number of aliphatic hydroxyl groups is 1. The van der Waals surface area contributed by atoms with E-state index in [9.17, 15) is 18.7 Å². The minimum absolute atomic E-state index is 0.0682. The Bertz CT molecular complexity index is 581. The molecule has 2 saturated heterocycles. The molecule has 2 heterocycles. The highest BCUT2D eigenvalue weighted by atomic mass is 19.1. The molecule has 3 rings (SSSR count). The van der Waals surface area contributed by atoms with Crippen molar-refractivity contribution in [2.24, 2.45) is 5.92 Å². The number of nitrogens with zero attached hydrogens (tertiary/aromatic N) is 1. The Hall–Kier alpha value is -1.53. The Morgan fingerprint density at radius 2 is 2.17 bits per heavy atom. The third kappa shape index (κ3) is 3.53. The molecule has 2 fully saturated rings. The first-order chi connectivity index (χ1) is 11.1. The summed E-state index contributed by atoms with van der Waals surface area (Å²) in [6.45, 7) is 1.59. The summed E-state index contributed by atoms with van der Waals surface area (Å²) in [4.78, 5) is 14.3. The molecule has 3 unspecified atom stereocenters. The van der Waals surface area contributed by atoms with Gasteiger partial charge >= 0.3 is 0 Å². The van der Waals surface area contributed by atoms with Crippen LogP contribution in [0.4, 0.5) is 8.78 Å². The monoisotopic (exact) mass is 325 g/mol. The van der Waals surface area contributed by atoms with Crippen LogP contribution >= 0.6 is 0 Å². The zero-order valence-electron chi connectivity index (χ0n) is 12.9. The summed E-state index contributed by atoms with van der Waals surface area (Å²) in [6.07, 6.45) is 1.71. The maximum Gasteiger partial charge on any atom is 0.227 e. The van der Waals surface area contributed by atoms with Crippen molar-refractivity contribution in [2.75, 3.05) is 19.8 Å². The van der Waals surface area contributed by atoms with E-state index in [0.717, 1.165) is 25.0 Å². The predicted molar refractivity (Wildman–Crippen MR) is 79.7 cm³/mol. The molecule has 2 aliphatic heterocycles. The summed E-state index contributed by atoms with van der Waals surface area (Å²) in [6, 6.07) is 3.20. The molecule has 23 heavy (non-hydrogen) atoms. The van der Waals surface area contributed by atoms with Crippen molar-refractivity contribution in [3.8, 4) is 0 Å². The fraction of sp³-hybridized carbons (Fsp3) is 0.588. The predicted octanol–water partition coefficient (Wildman–Crippen LogP) is 1.90. The van der Waals surface area contributed by atoms with Crippen molar-refractivity contribution in [3.05, 3.63) is 35.4 Å². The molecule has 0 aromatic heterocycles. The first-order valence-electron chi connectivity index (χ1n) is 8.05. The number of halogens is 2. The van der Waals surface area contributed by atoms with Crippen molar-refractivity contribution >= 4 is 5.91 Å². The number of carbonyl (C=O) groups is 1. The number of hydrogen-bond acceptors (Lipinski definition) is 3. The topological polar surface area (TPSA) is 49.8 Å². The lowest BCUT2D eigenvalue weighted by molar-refractivity contribution is -0.135. The molecular weight excluding hydrogens is 304 g/mol. The number of carbonyl (C=O) groups excluding carboxylic acids is 1. The Kier molecular flexibility index (Phi) is 4.92. The van der Waals surface area contributed by atoms with Gasteiger partial charge in [-0.3, -0.25) is 4.79 Å². The number of rotatable bonds is 3. The summed E-state index contributed by atoms with van der Waals surface area (Å²) in [7, 11) is 0. The Labute approximate surface area is 134 Å². The zero-order valence-corrected chi connectivity index (χ0v) is 12.9. The van der Waals surface area contributed by atoms with Crippen molar-refractivity contribution < 1.29 is 23.4 Å². The Balaban J connectivity index is 1.70. The average Bonchev–Trinajstić information content (AvgIpc) is 3.00. The van der Waals surface area contributed by atoms with Crippen LogP contribution < -0.4 is 0 Å². The van der Waals surface area contributed by atoms with Crippen LogP contribution in [0.1, 0.15) is 24.8 Å². The van der Waals surface area contributed by atoms with Crippen molar-refractivity contribution in [2.45, 2.75) is 37.8 Å². The minimum atomic E-state index is -0.699. The van der Waals surface area contributed by atoms with Gasteiger partial charge < -0.3 is 14.7 Å². The van der Waals surface area contributed by atoms with Gasteiger partial charge in [0.05, 0.1) is 19.1 Å². The molecule has 3 atom stereocenters. The summed E-state index contributed by atoms with van der Waals surface area (Å²) >= 11 is 0. The third-order valence-electron chi connectivity index (χ3n) is 4.83. The molecule has 4 nitrogen and oxygen atoms in total. The van der Waals surface area contributed by atoms with Gasteiger partial charge in [-0.05, 0) is 30.9 Å². The van der Waals surface area contributed by atoms with Crippen LogP contribution in [0.25, 0.3) is 0 Å². The largest absolute Gasteiger partial charge is 0.393 e. The van der Waals surface area contributed by atoms with E-state index in [1.54, 1.807) is 4.90 Å². The van der Waals surface area contributed by atoms with Gasteiger partial charge in [0, 0.05) is 31.2 Å². The highest BCUT2D eigenvalue weighted by molar-refractivity contribution is 5.79. The van der Waals surface area contributed by atoms with Crippen molar-refractivity contribution in [1.29, 1.82) is 0 Å². The van der Waals surface area contributed by atoms with Crippen LogP contribution in [0.2, 0.25) is 0 Å². The first-order valence-corrected chi connectivity index (χ1v) is 8.05. The summed E-state index contributed by atoms with van der Waals surface area (Å²) in [5.41, 5.74) is 0.197. The van der Waals surface area contributed by atoms with E-state index in [0.29, 0.717) is 26.2 Å². The third-order valence-corrected chi connectivity index (χ3v) is 4.83. The number of likely N-dealkylation sites (tertiary alicyclic amines) is 1. The van der Waals surface area contributed by atoms with Gasteiger partial charge in [-0.1, -0.05) is 6.07 Å². The lowest BCUT2D eigenvalue weighted by atomic mass is 9.89. The number of ether oxygens (including phenoxy) is 1. The number of benzene rings is 1. The van der Waals surface area contributed by atoms with Crippen LogP contribution in [-0.4, -0.2) is 47.8 Å². The van der Waals surface area contributed by atoms with Gasteiger partial charge in [0.15, 0.2) is 0 Å². The van der Waals surface area contributed by atoms with Gasteiger partial charge in [-0.2, -0.15) is 0 Å². The van der Waals surface area contributed by atoms with E-state index in [1.807, 2.05) is 0 Å². The molecule has 1 amide bonds. The van der Waals surface area contributed by atoms with E-state index in [1.165, 1.54) is 6.07 Å². The fourth-order valence-corrected chi connectivity index (χ4v) is 3.59. The quantitative estimate of drug-likeness (QED) is 0.923. The van der Waals surface area contributed by atoms with Crippen molar-refractivity contribution in [3.63, 3.8) is 0 Å². The molecule has 0 saturated carbocycles. The Morgan fingerprint density at radius 3 is 2.91 bits per heavy atom. The highest BCUT2D eigenvalue weighted by Crippen LogP contribution is 2.30. The van der Waals surface area contributed by atoms with Gasteiger partial charge in [-0.25, -0.2) is 8.78 Å². The minimum Gasteiger partial charge on any atom is -0.393 e. The van der Waals surface area contributed by atoms with Gasteiger partial charge in [-0.15, -0.1) is 0 Å². The second-order valence-corrected chi connectivity index (χ2v) is 6.30.